The number of benzene rings is 3. The Balaban J connectivity index is 1.16. The molecule has 0 saturated carbocycles. The van der Waals surface area contributed by atoms with Crippen molar-refractivity contribution in [3.63, 3.8) is 0 Å². The highest BCUT2D eigenvalue weighted by molar-refractivity contribution is 6.30. The van der Waals surface area contributed by atoms with Crippen molar-refractivity contribution in [1.29, 1.82) is 0 Å². The van der Waals surface area contributed by atoms with Crippen molar-refractivity contribution in [3.05, 3.63) is 88.0 Å². The Hall–Kier alpha value is -3.62. The monoisotopic (exact) mass is 549 g/mol. The molecule has 4 aromatic rings. The second-order valence-electron chi connectivity index (χ2n) is 10.3. The summed E-state index contributed by atoms with van der Waals surface area (Å²) in [5.41, 5.74) is 3.66. The molecule has 1 fully saturated rings. The summed E-state index contributed by atoms with van der Waals surface area (Å²) in [5.74, 6) is 0.464. The number of ether oxygens (including phenoxy) is 3. The molecular weight excluding hydrogens is 521 g/mol. The number of imidazole rings is 1. The Labute approximate surface area is 231 Å². The molecule has 1 atom stereocenters. The number of carbonyl (C=O) groups excluding carboxylic acids is 1. The minimum Gasteiger partial charge on any atom is -0.465 e. The lowest BCUT2D eigenvalue weighted by Crippen LogP contribution is -2.34. The van der Waals surface area contributed by atoms with E-state index >= 15 is 0 Å². The molecular formula is C30H29ClFN3O4. The summed E-state index contributed by atoms with van der Waals surface area (Å²) in [6, 6.07) is 15.9. The summed E-state index contributed by atoms with van der Waals surface area (Å²) in [7, 11) is 3.36. The van der Waals surface area contributed by atoms with Gasteiger partial charge in [0.05, 0.1) is 35.8 Å². The van der Waals surface area contributed by atoms with Gasteiger partial charge in [-0.15, -0.1) is 0 Å². The number of fused-ring (bicyclic) bond motifs is 2. The number of methoxy groups -OCH3 is 1. The van der Waals surface area contributed by atoms with Gasteiger partial charge in [0, 0.05) is 24.6 Å². The van der Waals surface area contributed by atoms with Crippen molar-refractivity contribution < 1.29 is 23.4 Å². The number of likely N-dealkylation sites (tertiary alicyclic amines) is 1. The highest BCUT2D eigenvalue weighted by Crippen LogP contribution is 2.49. The standard InChI is InChI=1S/C30H29ClFN3O4/c1-30(22-9-8-20(31)16-23(22)32)38-26-6-4-5-21(28(26)39-30)18-11-13-35(14-12-18)17-27-33-24-10-7-19(29(36)37-3)15-25(24)34(27)2/h4-10,15-16,18H,11-14,17H2,1-3H3/t30-/m0/s1. The van der Waals surface area contributed by atoms with Crippen LogP contribution in [0.15, 0.2) is 54.6 Å². The van der Waals surface area contributed by atoms with Gasteiger partial charge in [-0.3, -0.25) is 4.90 Å². The molecule has 0 aliphatic carbocycles. The maximum absolute atomic E-state index is 14.7. The minimum atomic E-state index is -1.26. The molecule has 0 bridgehead atoms. The summed E-state index contributed by atoms with van der Waals surface area (Å²) >= 11 is 5.95. The van der Waals surface area contributed by atoms with Gasteiger partial charge in [-0.25, -0.2) is 14.2 Å². The van der Waals surface area contributed by atoms with Crippen LogP contribution in [0.5, 0.6) is 11.5 Å². The number of hydrogen-bond acceptors (Lipinski definition) is 6. The summed E-state index contributed by atoms with van der Waals surface area (Å²) < 4.78 is 34.1. The van der Waals surface area contributed by atoms with E-state index in [-0.39, 0.29) is 5.97 Å². The van der Waals surface area contributed by atoms with Gasteiger partial charge in [0.25, 0.3) is 5.79 Å². The van der Waals surface area contributed by atoms with Gasteiger partial charge in [-0.1, -0.05) is 23.7 Å². The fourth-order valence-electron chi connectivity index (χ4n) is 5.67. The van der Waals surface area contributed by atoms with Crippen LogP contribution in [-0.4, -0.2) is 40.6 Å². The normalized spacial score (nSPS) is 19.5. The van der Waals surface area contributed by atoms with Crippen LogP contribution in [0.25, 0.3) is 11.0 Å². The average Bonchev–Trinajstić information content (AvgIpc) is 3.44. The molecule has 7 nitrogen and oxygen atoms in total. The minimum absolute atomic E-state index is 0.292. The maximum Gasteiger partial charge on any atom is 0.337 e. The fourth-order valence-corrected chi connectivity index (χ4v) is 5.82. The van der Waals surface area contributed by atoms with Crippen molar-refractivity contribution >= 4 is 28.6 Å². The molecule has 9 heteroatoms. The second kappa shape index (κ2) is 9.84. The predicted octanol–water partition coefficient (Wildman–Crippen LogP) is 6.18. The lowest BCUT2D eigenvalue weighted by atomic mass is 9.88. The van der Waals surface area contributed by atoms with E-state index in [0.717, 1.165) is 48.4 Å². The van der Waals surface area contributed by atoms with E-state index in [0.29, 0.717) is 40.1 Å². The van der Waals surface area contributed by atoms with E-state index in [1.54, 1.807) is 25.1 Å². The molecule has 6 rings (SSSR count). The predicted molar refractivity (Wildman–Crippen MR) is 146 cm³/mol. The maximum atomic E-state index is 14.7. The summed E-state index contributed by atoms with van der Waals surface area (Å²) in [4.78, 5) is 19.2. The van der Waals surface area contributed by atoms with Crippen LogP contribution in [0.2, 0.25) is 5.02 Å². The average molecular weight is 550 g/mol. The van der Waals surface area contributed by atoms with Crippen molar-refractivity contribution in [2.45, 2.75) is 38.0 Å². The zero-order valence-corrected chi connectivity index (χ0v) is 22.8. The molecule has 39 heavy (non-hydrogen) atoms. The van der Waals surface area contributed by atoms with E-state index in [4.69, 9.17) is 30.8 Å². The Morgan fingerprint density at radius 1 is 1.15 bits per heavy atom. The molecule has 1 saturated heterocycles. The van der Waals surface area contributed by atoms with Gasteiger partial charge in [0.15, 0.2) is 11.5 Å². The lowest BCUT2D eigenvalue weighted by Gasteiger charge is -2.32. The molecule has 0 radical (unpaired) electrons. The molecule has 3 aromatic carbocycles. The van der Waals surface area contributed by atoms with Gasteiger partial charge in [0.2, 0.25) is 0 Å². The molecule has 0 spiro atoms. The van der Waals surface area contributed by atoms with Gasteiger partial charge in [-0.2, -0.15) is 0 Å². The van der Waals surface area contributed by atoms with Crippen LogP contribution in [0, 0.1) is 5.82 Å². The quantitative estimate of drug-likeness (QED) is 0.277. The molecule has 2 aliphatic rings. The lowest BCUT2D eigenvalue weighted by molar-refractivity contribution is -0.0712. The van der Waals surface area contributed by atoms with Gasteiger partial charge >= 0.3 is 5.97 Å². The zero-order valence-electron chi connectivity index (χ0n) is 22.0. The Bertz CT molecular complexity index is 1580. The Kier molecular flexibility index (Phi) is 6.47. The van der Waals surface area contributed by atoms with Crippen molar-refractivity contribution in [2.24, 2.45) is 7.05 Å². The molecule has 1 aromatic heterocycles. The van der Waals surface area contributed by atoms with Crippen LogP contribution in [0.4, 0.5) is 4.39 Å². The first-order valence-corrected chi connectivity index (χ1v) is 13.4. The first-order valence-electron chi connectivity index (χ1n) is 13.0. The highest BCUT2D eigenvalue weighted by Gasteiger charge is 2.43. The van der Waals surface area contributed by atoms with Gasteiger partial charge in [-0.05, 0) is 74.3 Å². The number of aromatic nitrogens is 2. The molecule has 3 heterocycles. The molecule has 0 amide bonds. The topological polar surface area (TPSA) is 65.8 Å². The number of para-hydroxylation sites is 1. The van der Waals surface area contributed by atoms with Crippen LogP contribution in [-0.2, 0) is 24.1 Å². The van der Waals surface area contributed by atoms with Crippen molar-refractivity contribution in [3.8, 4) is 11.5 Å². The number of esters is 1. The van der Waals surface area contributed by atoms with Gasteiger partial charge < -0.3 is 18.8 Å². The van der Waals surface area contributed by atoms with Gasteiger partial charge in [0.1, 0.15) is 11.6 Å². The van der Waals surface area contributed by atoms with Crippen molar-refractivity contribution in [2.75, 3.05) is 20.2 Å². The number of aryl methyl sites for hydroxylation is 1. The molecule has 202 valence electrons. The summed E-state index contributed by atoms with van der Waals surface area (Å²) in [6.07, 6.45) is 1.89. The summed E-state index contributed by atoms with van der Waals surface area (Å²) in [5, 5.41) is 0.326. The third-order valence-corrected chi connectivity index (χ3v) is 8.05. The van der Waals surface area contributed by atoms with E-state index in [2.05, 4.69) is 11.0 Å². The number of rotatable bonds is 5. The fraction of sp³-hybridized carbons (Fsp3) is 0.333. The Morgan fingerprint density at radius 2 is 1.95 bits per heavy atom. The zero-order chi connectivity index (χ0) is 27.3. The Morgan fingerprint density at radius 3 is 2.69 bits per heavy atom. The number of nitrogens with zero attached hydrogens (tertiary/aromatic N) is 3. The van der Waals surface area contributed by atoms with E-state index < -0.39 is 11.6 Å². The highest BCUT2D eigenvalue weighted by atomic mass is 35.5. The van der Waals surface area contributed by atoms with Crippen LogP contribution >= 0.6 is 11.6 Å². The molecule has 2 aliphatic heterocycles. The SMILES string of the molecule is COC(=O)c1ccc2nc(CN3CCC(c4cccc5c4O[C@@](C)(c4ccc(Cl)cc4F)O5)CC3)n(C)c2c1. The van der Waals surface area contributed by atoms with Crippen LogP contribution < -0.4 is 9.47 Å². The second-order valence-corrected chi connectivity index (χ2v) is 10.7. The smallest absolute Gasteiger partial charge is 0.337 e. The first kappa shape index (κ1) is 25.6. The molecule has 0 unspecified atom stereocenters. The summed E-state index contributed by atoms with van der Waals surface area (Å²) in [6.45, 7) is 4.24. The largest absolute Gasteiger partial charge is 0.465 e. The van der Waals surface area contributed by atoms with Crippen LogP contribution in [0.1, 0.15) is 53.0 Å². The van der Waals surface area contributed by atoms with Crippen LogP contribution in [0.3, 0.4) is 0 Å². The van der Waals surface area contributed by atoms with Crippen molar-refractivity contribution in [1.82, 2.24) is 14.5 Å². The first-order chi connectivity index (χ1) is 18.8. The number of piperidine rings is 1. The third kappa shape index (κ3) is 4.61. The van der Waals surface area contributed by atoms with E-state index in [9.17, 15) is 9.18 Å². The van der Waals surface area contributed by atoms with E-state index in [1.807, 2.05) is 35.9 Å². The third-order valence-electron chi connectivity index (χ3n) is 7.82. The number of carbonyl (C=O) groups is 1. The number of hydrogen-bond donors (Lipinski definition) is 0. The molecule has 0 N–H and O–H groups in total. The number of halogens is 2. The van der Waals surface area contributed by atoms with E-state index in [1.165, 1.54) is 13.2 Å².